The number of nitrogens with zero attached hydrogens (tertiary/aromatic N) is 5. The molecule has 9 nitrogen and oxygen atoms in total. The third kappa shape index (κ3) is 4.31. The van der Waals surface area contributed by atoms with E-state index >= 15 is 0 Å². The van der Waals surface area contributed by atoms with Gasteiger partial charge < -0.3 is 15.4 Å². The van der Waals surface area contributed by atoms with Gasteiger partial charge in [-0.3, -0.25) is 9.69 Å². The zero-order valence-corrected chi connectivity index (χ0v) is 14.0. The summed E-state index contributed by atoms with van der Waals surface area (Å²) < 4.78 is 4.87. The van der Waals surface area contributed by atoms with Gasteiger partial charge in [-0.1, -0.05) is 11.8 Å². The molecule has 0 unspecified atom stereocenters. The van der Waals surface area contributed by atoms with Gasteiger partial charge in [-0.05, 0) is 6.92 Å². The summed E-state index contributed by atoms with van der Waals surface area (Å²) in [6.45, 7) is 2.11. The van der Waals surface area contributed by atoms with Crippen LogP contribution in [-0.2, 0) is 20.9 Å². The number of nitrogens with two attached hydrogens (primary N) is 1. The predicted molar refractivity (Wildman–Crippen MR) is 86.3 cm³/mol. The van der Waals surface area contributed by atoms with E-state index in [1.165, 1.54) is 22.7 Å². The molecule has 2 rings (SSSR count). The normalized spacial score (nSPS) is 16.0. The minimum Gasteiger partial charge on any atom is -0.463 e. The van der Waals surface area contributed by atoms with Gasteiger partial charge in [-0.2, -0.15) is 15.0 Å². The molecule has 1 aromatic heterocycles. The molecule has 0 spiro atoms. The van der Waals surface area contributed by atoms with E-state index in [-0.39, 0.29) is 30.8 Å². The molecule has 1 saturated heterocycles. The number of aromatic nitrogens is 3. The summed E-state index contributed by atoms with van der Waals surface area (Å²) in [6.07, 6.45) is 1.30. The summed E-state index contributed by atoms with van der Waals surface area (Å²) in [5.74, 6) is 0.477. The molecule has 0 aromatic carbocycles. The third-order valence-corrected chi connectivity index (χ3v) is 3.85. The second kappa shape index (κ2) is 7.27. The number of rotatable bonds is 5. The fourth-order valence-corrected chi connectivity index (χ4v) is 2.75. The van der Waals surface area contributed by atoms with E-state index in [2.05, 4.69) is 15.0 Å². The molecule has 0 bridgehead atoms. The summed E-state index contributed by atoms with van der Waals surface area (Å²) >= 11 is 1.27. The van der Waals surface area contributed by atoms with Crippen LogP contribution in [0.5, 0.6) is 0 Å². The van der Waals surface area contributed by atoms with Crippen molar-refractivity contribution in [1.29, 1.82) is 0 Å². The molecule has 2 heterocycles. The van der Waals surface area contributed by atoms with Crippen LogP contribution >= 0.6 is 11.8 Å². The SMILES string of the molecule is CCOC(=O)/C=C1\SCC(=O)N1Cc1nc(N)nc(N(C)C)n1. The van der Waals surface area contributed by atoms with Crippen molar-refractivity contribution in [3.63, 3.8) is 0 Å². The highest BCUT2D eigenvalue weighted by molar-refractivity contribution is 8.04. The third-order valence-electron chi connectivity index (χ3n) is 2.83. The highest BCUT2D eigenvalue weighted by Crippen LogP contribution is 2.30. The molecule has 0 aliphatic carbocycles. The van der Waals surface area contributed by atoms with Crippen LogP contribution in [0.15, 0.2) is 11.1 Å². The lowest BCUT2D eigenvalue weighted by molar-refractivity contribution is -0.137. The minimum absolute atomic E-state index is 0.0777. The van der Waals surface area contributed by atoms with Crippen LogP contribution in [0.3, 0.4) is 0 Å². The van der Waals surface area contributed by atoms with E-state index in [0.29, 0.717) is 16.8 Å². The van der Waals surface area contributed by atoms with Crippen molar-refractivity contribution >= 4 is 35.5 Å². The average Bonchev–Trinajstić information content (AvgIpc) is 2.80. The van der Waals surface area contributed by atoms with Crippen molar-refractivity contribution in [1.82, 2.24) is 19.9 Å². The molecule has 1 amide bonds. The second-order valence-electron chi connectivity index (χ2n) is 4.81. The highest BCUT2D eigenvalue weighted by Gasteiger charge is 2.28. The van der Waals surface area contributed by atoms with Gasteiger partial charge in [0.05, 0.1) is 30.0 Å². The topological polar surface area (TPSA) is 115 Å². The Balaban J connectivity index is 2.23. The van der Waals surface area contributed by atoms with Gasteiger partial charge in [0.1, 0.15) is 0 Å². The number of hydrogen-bond acceptors (Lipinski definition) is 9. The number of amides is 1. The molecule has 1 aliphatic rings. The number of esters is 1. The van der Waals surface area contributed by atoms with Crippen LogP contribution in [0.1, 0.15) is 12.7 Å². The molecule has 0 atom stereocenters. The lowest BCUT2D eigenvalue weighted by Crippen LogP contribution is -2.26. The molecule has 23 heavy (non-hydrogen) atoms. The summed E-state index contributed by atoms with van der Waals surface area (Å²) in [5, 5.41) is 0.513. The number of carbonyl (C=O) groups excluding carboxylic acids is 2. The van der Waals surface area contributed by atoms with E-state index in [9.17, 15) is 9.59 Å². The quantitative estimate of drug-likeness (QED) is 0.585. The van der Waals surface area contributed by atoms with Gasteiger partial charge in [-0.25, -0.2) is 4.79 Å². The summed E-state index contributed by atoms with van der Waals surface area (Å²) in [4.78, 5) is 39.1. The van der Waals surface area contributed by atoms with E-state index in [4.69, 9.17) is 10.5 Å². The van der Waals surface area contributed by atoms with E-state index in [1.807, 2.05) is 0 Å². The molecule has 0 radical (unpaired) electrons. The fourth-order valence-electron chi connectivity index (χ4n) is 1.82. The maximum Gasteiger partial charge on any atom is 0.333 e. The van der Waals surface area contributed by atoms with Crippen LogP contribution in [-0.4, -0.2) is 58.2 Å². The first-order valence-electron chi connectivity index (χ1n) is 6.90. The number of ether oxygens (including phenoxy) is 1. The molecule has 1 fully saturated rings. The minimum atomic E-state index is -0.487. The second-order valence-corrected chi connectivity index (χ2v) is 5.80. The first-order chi connectivity index (χ1) is 10.9. The zero-order valence-electron chi connectivity index (χ0n) is 13.1. The van der Waals surface area contributed by atoms with Gasteiger partial charge in [0, 0.05) is 14.1 Å². The predicted octanol–water partition coefficient (Wildman–Crippen LogP) is -0.000300. The smallest absolute Gasteiger partial charge is 0.333 e. The zero-order chi connectivity index (χ0) is 17.0. The van der Waals surface area contributed by atoms with Crippen molar-refractivity contribution < 1.29 is 14.3 Å². The standard InChI is InChI=1S/C13H18N6O3S/c1-4-22-11(21)5-10-19(9(20)7-23-10)6-8-15-12(14)17-13(16-8)18(2)3/h5H,4,6-7H2,1-3H3,(H2,14,15,16,17)/b10-5-. The maximum absolute atomic E-state index is 12.0. The van der Waals surface area contributed by atoms with E-state index < -0.39 is 5.97 Å². The van der Waals surface area contributed by atoms with Crippen molar-refractivity contribution in [2.75, 3.05) is 37.1 Å². The lowest BCUT2D eigenvalue weighted by atomic mass is 10.4. The molecule has 1 aromatic rings. The Hall–Kier alpha value is -2.36. The molecular weight excluding hydrogens is 320 g/mol. The molecule has 0 saturated carbocycles. The van der Waals surface area contributed by atoms with Gasteiger partial charge in [-0.15, -0.1) is 0 Å². The molecular formula is C13H18N6O3S. The molecule has 124 valence electrons. The largest absolute Gasteiger partial charge is 0.463 e. The molecule has 10 heteroatoms. The van der Waals surface area contributed by atoms with Gasteiger partial charge in [0.15, 0.2) is 5.82 Å². The maximum atomic E-state index is 12.0. The van der Waals surface area contributed by atoms with Crippen molar-refractivity contribution in [2.45, 2.75) is 13.5 Å². The molecule has 2 N–H and O–H groups in total. The Bertz CT molecular complexity index is 649. The van der Waals surface area contributed by atoms with Crippen LogP contribution in [0.25, 0.3) is 0 Å². The van der Waals surface area contributed by atoms with Crippen molar-refractivity contribution in [2.24, 2.45) is 0 Å². The highest BCUT2D eigenvalue weighted by atomic mass is 32.2. The Morgan fingerprint density at radius 3 is 2.83 bits per heavy atom. The average molecular weight is 338 g/mol. The Labute approximate surface area is 137 Å². The summed E-state index contributed by atoms with van der Waals surface area (Å²) in [7, 11) is 3.56. The van der Waals surface area contributed by atoms with Gasteiger partial charge >= 0.3 is 5.97 Å². The van der Waals surface area contributed by atoms with Gasteiger partial charge in [0.2, 0.25) is 17.8 Å². The van der Waals surface area contributed by atoms with Gasteiger partial charge in [0.25, 0.3) is 0 Å². The number of anilines is 2. The first-order valence-corrected chi connectivity index (χ1v) is 7.88. The Kier molecular flexibility index (Phi) is 5.37. The lowest BCUT2D eigenvalue weighted by Gasteiger charge is -2.17. The molecule has 1 aliphatic heterocycles. The Morgan fingerprint density at radius 1 is 1.43 bits per heavy atom. The number of thioether (sulfide) groups is 1. The van der Waals surface area contributed by atoms with E-state index in [0.717, 1.165) is 0 Å². The first kappa shape index (κ1) is 17.0. The number of nitrogen functional groups attached to an aromatic ring is 1. The van der Waals surface area contributed by atoms with Crippen LogP contribution in [0.4, 0.5) is 11.9 Å². The van der Waals surface area contributed by atoms with Crippen LogP contribution in [0.2, 0.25) is 0 Å². The number of carbonyl (C=O) groups is 2. The van der Waals surface area contributed by atoms with Crippen LogP contribution in [0, 0.1) is 0 Å². The fraction of sp³-hybridized carbons (Fsp3) is 0.462. The Morgan fingerprint density at radius 2 is 2.17 bits per heavy atom. The van der Waals surface area contributed by atoms with Crippen LogP contribution < -0.4 is 10.6 Å². The summed E-state index contributed by atoms with van der Waals surface area (Å²) in [5.41, 5.74) is 5.67. The van der Waals surface area contributed by atoms with E-state index in [1.54, 1.807) is 25.9 Å². The van der Waals surface area contributed by atoms with Crippen molar-refractivity contribution in [3.05, 3.63) is 16.9 Å². The van der Waals surface area contributed by atoms with Crippen molar-refractivity contribution in [3.8, 4) is 0 Å². The monoisotopic (exact) mass is 338 g/mol. The number of hydrogen-bond donors (Lipinski definition) is 1. The summed E-state index contributed by atoms with van der Waals surface area (Å²) in [6, 6.07) is 0.